The van der Waals surface area contributed by atoms with Gasteiger partial charge in [0.25, 0.3) is 0 Å². The van der Waals surface area contributed by atoms with Crippen molar-refractivity contribution in [3.63, 3.8) is 0 Å². The van der Waals surface area contributed by atoms with Gasteiger partial charge in [0.15, 0.2) is 5.13 Å². The maximum atomic E-state index is 11.5. The van der Waals surface area contributed by atoms with Crippen molar-refractivity contribution < 1.29 is 14.4 Å². The summed E-state index contributed by atoms with van der Waals surface area (Å²) in [5.74, 6) is -1.71. The normalized spacial score (nSPS) is 9.84. The Morgan fingerprint density at radius 2 is 1.74 bits per heavy atom. The van der Waals surface area contributed by atoms with Crippen molar-refractivity contribution in [1.82, 2.24) is 15.6 Å². The second-order valence-electron chi connectivity index (χ2n) is 3.85. The number of thiazole rings is 1. The summed E-state index contributed by atoms with van der Waals surface area (Å²) >= 11 is 1.31. The van der Waals surface area contributed by atoms with Gasteiger partial charge in [0.2, 0.25) is 5.91 Å². The molecule has 1 rings (SSSR count). The number of hydrogen-bond acceptors (Lipinski definition) is 5. The van der Waals surface area contributed by atoms with Gasteiger partial charge in [0, 0.05) is 24.9 Å². The molecular formula is C11H16N4O3S. The van der Waals surface area contributed by atoms with Crippen molar-refractivity contribution in [2.75, 3.05) is 18.4 Å². The summed E-state index contributed by atoms with van der Waals surface area (Å²) in [6.07, 6.45) is 0. The van der Waals surface area contributed by atoms with E-state index in [9.17, 15) is 14.4 Å². The molecule has 0 saturated carbocycles. The maximum absolute atomic E-state index is 11.5. The van der Waals surface area contributed by atoms with Crippen LogP contribution in [-0.4, -0.2) is 35.8 Å². The minimum atomic E-state index is -0.767. The molecule has 1 heterocycles. The number of aromatic nitrogens is 1. The minimum absolute atomic E-state index is 0.188. The number of nitrogens with zero attached hydrogens (tertiary/aromatic N) is 1. The van der Waals surface area contributed by atoms with E-state index in [1.165, 1.54) is 18.3 Å². The van der Waals surface area contributed by atoms with Crippen LogP contribution in [0.1, 0.15) is 17.5 Å². The third kappa shape index (κ3) is 5.04. The lowest BCUT2D eigenvalue weighted by molar-refractivity contribution is -0.136. The Hall–Kier alpha value is -1.96. The Kier molecular flexibility index (Phi) is 5.43. The Morgan fingerprint density at radius 1 is 1.11 bits per heavy atom. The average molecular weight is 284 g/mol. The summed E-state index contributed by atoms with van der Waals surface area (Å²) in [4.78, 5) is 38.6. The molecule has 19 heavy (non-hydrogen) atoms. The highest BCUT2D eigenvalue weighted by Crippen LogP contribution is 2.20. The molecule has 3 amide bonds. The molecule has 0 saturated heterocycles. The standard InChI is InChI=1S/C11H16N4O3S/c1-6-7(2)19-11(14-6)15-10(18)9(17)13-5-4-12-8(3)16/h4-5H2,1-3H3,(H,12,16)(H,13,17)(H,14,15,18). The Labute approximate surface area is 114 Å². The highest BCUT2D eigenvalue weighted by Gasteiger charge is 2.15. The summed E-state index contributed by atoms with van der Waals surface area (Å²) in [6, 6.07) is 0. The predicted molar refractivity (Wildman–Crippen MR) is 71.9 cm³/mol. The van der Waals surface area contributed by atoms with Crippen LogP contribution in [0.5, 0.6) is 0 Å². The number of rotatable bonds is 4. The Bertz CT molecular complexity index is 479. The molecule has 0 radical (unpaired) electrons. The molecule has 0 fully saturated rings. The van der Waals surface area contributed by atoms with Crippen LogP contribution in [0.15, 0.2) is 0 Å². The van der Waals surface area contributed by atoms with Crippen LogP contribution < -0.4 is 16.0 Å². The first kappa shape index (κ1) is 15.1. The van der Waals surface area contributed by atoms with E-state index in [0.717, 1.165) is 10.6 Å². The van der Waals surface area contributed by atoms with Gasteiger partial charge in [-0.15, -0.1) is 11.3 Å². The van der Waals surface area contributed by atoms with Gasteiger partial charge in [-0.1, -0.05) is 0 Å². The first-order valence-electron chi connectivity index (χ1n) is 5.67. The fourth-order valence-electron chi connectivity index (χ4n) is 1.17. The summed E-state index contributed by atoms with van der Waals surface area (Å²) in [5, 5.41) is 7.72. The fraction of sp³-hybridized carbons (Fsp3) is 0.455. The number of carbonyl (C=O) groups is 3. The van der Waals surface area contributed by atoms with Crippen LogP contribution in [0.3, 0.4) is 0 Å². The smallest absolute Gasteiger partial charge is 0.315 e. The summed E-state index contributed by atoms with van der Waals surface area (Å²) < 4.78 is 0. The van der Waals surface area contributed by atoms with E-state index in [4.69, 9.17) is 0 Å². The van der Waals surface area contributed by atoms with Crippen molar-refractivity contribution in [2.24, 2.45) is 0 Å². The third-order valence-corrected chi connectivity index (χ3v) is 3.23. The van der Waals surface area contributed by atoms with Crippen LogP contribution in [0.25, 0.3) is 0 Å². The van der Waals surface area contributed by atoms with Crippen molar-refractivity contribution >= 4 is 34.2 Å². The second-order valence-corrected chi connectivity index (χ2v) is 5.06. The monoisotopic (exact) mass is 284 g/mol. The number of nitrogens with one attached hydrogen (secondary N) is 3. The highest BCUT2D eigenvalue weighted by atomic mass is 32.1. The quantitative estimate of drug-likeness (QED) is 0.533. The molecule has 8 heteroatoms. The molecule has 0 aliphatic heterocycles. The lowest BCUT2D eigenvalue weighted by Crippen LogP contribution is -2.39. The summed E-state index contributed by atoms with van der Waals surface area (Å²) in [7, 11) is 0. The van der Waals surface area contributed by atoms with Crippen molar-refractivity contribution in [3.8, 4) is 0 Å². The number of aryl methyl sites for hydroxylation is 2. The highest BCUT2D eigenvalue weighted by molar-refractivity contribution is 7.15. The first-order chi connectivity index (χ1) is 8.90. The maximum Gasteiger partial charge on any atom is 0.315 e. The second kappa shape index (κ2) is 6.83. The summed E-state index contributed by atoms with van der Waals surface area (Å²) in [5.41, 5.74) is 0.825. The fourth-order valence-corrected chi connectivity index (χ4v) is 1.98. The van der Waals surface area contributed by atoms with Crippen LogP contribution >= 0.6 is 11.3 Å². The largest absolute Gasteiger partial charge is 0.355 e. The Balaban J connectivity index is 2.36. The molecule has 0 atom stereocenters. The molecule has 0 aromatic carbocycles. The van der Waals surface area contributed by atoms with E-state index in [1.807, 2.05) is 13.8 Å². The molecule has 7 nitrogen and oxygen atoms in total. The molecule has 0 aliphatic carbocycles. The molecule has 104 valence electrons. The van der Waals surface area contributed by atoms with E-state index in [2.05, 4.69) is 20.9 Å². The minimum Gasteiger partial charge on any atom is -0.355 e. The van der Waals surface area contributed by atoms with E-state index < -0.39 is 11.8 Å². The average Bonchev–Trinajstić information content (AvgIpc) is 2.63. The van der Waals surface area contributed by atoms with Gasteiger partial charge in [-0.25, -0.2) is 4.98 Å². The van der Waals surface area contributed by atoms with Crippen LogP contribution in [0, 0.1) is 13.8 Å². The van der Waals surface area contributed by atoms with E-state index in [0.29, 0.717) is 5.13 Å². The molecule has 3 N–H and O–H groups in total. The van der Waals surface area contributed by atoms with Gasteiger partial charge >= 0.3 is 11.8 Å². The molecule has 0 aliphatic rings. The van der Waals surface area contributed by atoms with Crippen molar-refractivity contribution in [1.29, 1.82) is 0 Å². The number of amides is 3. The van der Waals surface area contributed by atoms with Gasteiger partial charge in [-0.2, -0.15) is 0 Å². The lowest BCUT2D eigenvalue weighted by Gasteiger charge is -2.04. The van der Waals surface area contributed by atoms with Gasteiger partial charge in [0.05, 0.1) is 5.69 Å². The van der Waals surface area contributed by atoms with Gasteiger partial charge in [0.1, 0.15) is 0 Å². The van der Waals surface area contributed by atoms with E-state index in [-0.39, 0.29) is 19.0 Å². The number of hydrogen-bond donors (Lipinski definition) is 3. The predicted octanol–water partition coefficient (Wildman–Crippen LogP) is -0.0493. The van der Waals surface area contributed by atoms with Gasteiger partial charge < -0.3 is 10.6 Å². The summed E-state index contributed by atoms with van der Waals surface area (Å²) in [6.45, 7) is 5.57. The van der Waals surface area contributed by atoms with E-state index >= 15 is 0 Å². The zero-order valence-electron chi connectivity index (χ0n) is 11.0. The molecule has 1 aromatic heterocycles. The topological polar surface area (TPSA) is 100 Å². The van der Waals surface area contributed by atoms with Crippen LogP contribution in [0.4, 0.5) is 5.13 Å². The van der Waals surface area contributed by atoms with Gasteiger partial charge in [-0.3, -0.25) is 19.7 Å². The van der Waals surface area contributed by atoms with Gasteiger partial charge in [-0.05, 0) is 13.8 Å². The SMILES string of the molecule is CC(=O)NCCNC(=O)C(=O)Nc1nc(C)c(C)s1. The molecular weight excluding hydrogens is 268 g/mol. The lowest BCUT2D eigenvalue weighted by atomic mass is 10.4. The van der Waals surface area contributed by atoms with E-state index in [1.54, 1.807) is 0 Å². The van der Waals surface area contributed by atoms with Crippen molar-refractivity contribution in [3.05, 3.63) is 10.6 Å². The van der Waals surface area contributed by atoms with Crippen LogP contribution in [-0.2, 0) is 14.4 Å². The number of carbonyl (C=O) groups excluding carboxylic acids is 3. The molecule has 1 aromatic rings. The molecule has 0 spiro atoms. The van der Waals surface area contributed by atoms with Crippen LogP contribution in [0.2, 0.25) is 0 Å². The first-order valence-corrected chi connectivity index (χ1v) is 6.49. The Morgan fingerprint density at radius 3 is 2.26 bits per heavy atom. The molecule has 0 unspecified atom stereocenters. The third-order valence-electron chi connectivity index (χ3n) is 2.24. The van der Waals surface area contributed by atoms with Crippen molar-refractivity contribution in [2.45, 2.75) is 20.8 Å². The zero-order valence-corrected chi connectivity index (χ0v) is 11.8. The zero-order chi connectivity index (χ0) is 14.4. The molecule has 0 bridgehead atoms. The number of anilines is 1.